The molecule has 39 heavy (non-hydrogen) atoms. The van der Waals surface area contributed by atoms with Crippen LogP contribution in [0.15, 0.2) is 40.7 Å². The summed E-state index contributed by atoms with van der Waals surface area (Å²) in [5.41, 5.74) is 1.12. The summed E-state index contributed by atoms with van der Waals surface area (Å²) in [5, 5.41) is 0. The van der Waals surface area contributed by atoms with Crippen molar-refractivity contribution in [3.8, 4) is 11.3 Å². The molecule has 6 rings (SSSR count). The molecule has 2 aliphatic rings. The quantitative estimate of drug-likeness (QED) is 0.337. The maximum atomic E-state index is 13.5. The molecule has 0 N–H and O–H groups in total. The summed E-state index contributed by atoms with van der Waals surface area (Å²) in [6.07, 6.45) is 10.7. The highest BCUT2D eigenvalue weighted by Crippen LogP contribution is 2.32. The number of rotatable bonds is 4. The zero-order chi connectivity index (χ0) is 27.5. The minimum Gasteiger partial charge on any atom is -0.336 e. The van der Waals surface area contributed by atoms with Gasteiger partial charge in [0.1, 0.15) is 24.5 Å². The molecule has 0 bridgehead atoms. The molecule has 0 aromatic carbocycles. The number of nitrogens with zero attached hydrogens (tertiary/aromatic N) is 10. The summed E-state index contributed by atoms with van der Waals surface area (Å²) < 4.78 is 5.83. The molecule has 4 aromatic heterocycles. The van der Waals surface area contributed by atoms with Crippen molar-refractivity contribution in [2.45, 2.75) is 44.6 Å². The Morgan fingerprint density at radius 2 is 1.85 bits per heavy atom. The minimum absolute atomic E-state index is 0.0285. The molecule has 0 aliphatic carbocycles. The van der Waals surface area contributed by atoms with Gasteiger partial charge in [-0.1, -0.05) is 11.8 Å². The van der Waals surface area contributed by atoms with Crippen LogP contribution in [-0.2, 0) is 31.3 Å². The van der Waals surface area contributed by atoms with Gasteiger partial charge in [0.05, 0.1) is 18.1 Å². The number of fused-ring (bicyclic) bond motifs is 2. The van der Waals surface area contributed by atoms with Gasteiger partial charge in [0.25, 0.3) is 5.56 Å². The van der Waals surface area contributed by atoms with E-state index in [2.05, 4.69) is 38.7 Å². The predicted molar refractivity (Wildman–Crippen MR) is 146 cm³/mol. The van der Waals surface area contributed by atoms with Crippen LogP contribution in [0.2, 0.25) is 0 Å². The molecule has 0 unspecified atom stereocenters. The lowest BCUT2D eigenvalue weighted by Gasteiger charge is -2.31. The molecule has 14 heteroatoms. The van der Waals surface area contributed by atoms with E-state index in [-0.39, 0.29) is 29.2 Å². The lowest BCUT2D eigenvalue weighted by atomic mass is 10.0. The van der Waals surface area contributed by atoms with Crippen LogP contribution >= 0.6 is 11.8 Å². The van der Waals surface area contributed by atoms with Crippen molar-refractivity contribution >= 4 is 40.6 Å². The fourth-order valence-electron chi connectivity index (χ4n) is 5.33. The number of carbonyl (C=O) groups excluding carboxylic acids is 1. The average molecular weight is 550 g/mol. The molecule has 202 valence electrons. The highest BCUT2D eigenvalue weighted by Gasteiger charge is 2.35. The molecule has 0 saturated carbocycles. The molecule has 13 nitrogen and oxygen atoms in total. The Bertz CT molecular complexity index is 1720. The van der Waals surface area contributed by atoms with Crippen LogP contribution in [0, 0.1) is 0 Å². The van der Waals surface area contributed by atoms with Crippen molar-refractivity contribution in [2.24, 2.45) is 14.1 Å². The second-order valence-electron chi connectivity index (χ2n) is 10.5. The van der Waals surface area contributed by atoms with Gasteiger partial charge in [-0.25, -0.2) is 29.1 Å². The summed E-state index contributed by atoms with van der Waals surface area (Å²) in [6, 6.07) is 0. The van der Waals surface area contributed by atoms with E-state index in [0.717, 1.165) is 35.2 Å². The average Bonchev–Trinajstić information content (AvgIpc) is 3.52. The molecule has 1 amide bonds. The molecule has 0 radical (unpaired) electrons. The first-order valence-corrected chi connectivity index (χ1v) is 13.8. The molecule has 0 atom stereocenters. The molecular weight excluding hydrogens is 520 g/mol. The monoisotopic (exact) mass is 549 g/mol. The fraction of sp³-hybridized carbons (Fsp3) is 0.440. The van der Waals surface area contributed by atoms with Crippen molar-refractivity contribution in [2.75, 3.05) is 22.2 Å². The largest absolute Gasteiger partial charge is 0.336 e. The Kier molecular flexibility index (Phi) is 6.01. The number of hydrogen-bond donors (Lipinski definition) is 0. The molecule has 4 aromatic rings. The number of aryl methyl sites for hydroxylation is 1. The number of imidazole rings is 1. The van der Waals surface area contributed by atoms with E-state index in [9.17, 15) is 14.4 Å². The summed E-state index contributed by atoms with van der Waals surface area (Å²) in [6.45, 7) is 5.24. The summed E-state index contributed by atoms with van der Waals surface area (Å²) >= 11 is 1.59. The Morgan fingerprint density at radius 3 is 2.56 bits per heavy atom. The predicted octanol–water partition coefficient (Wildman–Crippen LogP) is 0.647. The van der Waals surface area contributed by atoms with E-state index in [1.54, 1.807) is 36.1 Å². The van der Waals surface area contributed by atoms with Gasteiger partial charge in [0.15, 0.2) is 16.9 Å². The van der Waals surface area contributed by atoms with Crippen LogP contribution in [0.3, 0.4) is 0 Å². The number of anilines is 2. The number of aromatic nitrogens is 8. The highest BCUT2D eigenvalue weighted by molar-refractivity contribution is 7.98. The van der Waals surface area contributed by atoms with Gasteiger partial charge in [-0.15, -0.1) is 0 Å². The van der Waals surface area contributed by atoms with Gasteiger partial charge in [-0.05, 0) is 26.7 Å². The maximum absolute atomic E-state index is 13.5. The number of amides is 1. The number of hydrogen-bond acceptors (Lipinski definition) is 9. The molecular formula is C25H29N10O3S+. The lowest BCUT2D eigenvalue weighted by Crippen LogP contribution is -2.50. The van der Waals surface area contributed by atoms with Gasteiger partial charge in [-0.3, -0.25) is 18.9 Å². The van der Waals surface area contributed by atoms with Crippen molar-refractivity contribution < 1.29 is 9.36 Å². The van der Waals surface area contributed by atoms with Gasteiger partial charge in [0, 0.05) is 38.6 Å². The second kappa shape index (κ2) is 9.29. The highest BCUT2D eigenvalue weighted by atomic mass is 32.2. The first kappa shape index (κ1) is 25.2. The maximum Gasteiger partial charge on any atom is 0.332 e. The smallest absolute Gasteiger partial charge is 0.332 e. The van der Waals surface area contributed by atoms with E-state index in [4.69, 9.17) is 0 Å². The first-order chi connectivity index (χ1) is 18.7. The van der Waals surface area contributed by atoms with Crippen molar-refractivity contribution in [3.05, 3.63) is 52.0 Å². The summed E-state index contributed by atoms with van der Waals surface area (Å²) in [5.74, 6) is 2.20. The molecule has 2 aliphatic heterocycles. The van der Waals surface area contributed by atoms with Crippen molar-refractivity contribution in [1.82, 2.24) is 33.6 Å². The Labute approximate surface area is 227 Å². The fourth-order valence-corrected chi connectivity index (χ4v) is 6.32. The zero-order valence-electron chi connectivity index (χ0n) is 22.2. The summed E-state index contributed by atoms with van der Waals surface area (Å²) in [7, 11) is 2.96. The van der Waals surface area contributed by atoms with Crippen molar-refractivity contribution in [3.63, 3.8) is 0 Å². The van der Waals surface area contributed by atoms with Gasteiger partial charge >= 0.3 is 17.4 Å². The minimum atomic E-state index is -0.495. The SMILES string of the molecule is Cn1c(=O)c2c(ncn2CC(=O)N2CSC[n+]3c(-c4cnc(N5CCCC5(C)C)nc4)cncc32)n(C)c1=O. The Morgan fingerprint density at radius 1 is 1.08 bits per heavy atom. The van der Waals surface area contributed by atoms with Gasteiger partial charge in [-0.2, -0.15) is 4.90 Å². The van der Waals surface area contributed by atoms with E-state index >= 15 is 0 Å². The molecule has 0 spiro atoms. The number of thioether (sulfide) groups is 1. The number of carbonyl (C=O) groups is 1. The summed E-state index contributed by atoms with van der Waals surface area (Å²) in [4.78, 5) is 60.5. The standard InChI is InChI=1S/C25H29N10O3S/c1-25(2)6-5-7-35(25)23-27-8-16(9-28-23)17-10-26-11-18-33(17)14-39-15-34(18)19(36)12-32-13-29-21-20(32)22(37)31(4)24(38)30(21)3/h8-11,13H,5-7,12,14-15H2,1-4H3/q+1. The Balaban J connectivity index is 1.31. The van der Waals surface area contributed by atoms with Gasteiger partial charge < -0.3 is 9.47 Å². The van der Waals surface area contributed by atoms with Crippen LogP contribution in [0.5, 0.6) is 0 Å². The van der Waals surface area contributed by atoms with E-state index < -0.39 is 11.2 Å². The second-order valence-corrected chi connectivity index (χ2v) is 11.4. The van der Waals surface area contributed by atoms with Crippen LogP contribution in [0.25, 0.3) is 22.4 Å². The van der Waals surface area contributed by atoms with Crippen LogP contribution in [0.4, 0.5) is 11.8 Å². The topological polar surface area (TPSA) is 128 Å². The van der Waals surface area contributed by atoms with Crippen LogP contribution < -0.4 is 25.6 Å². The van der Waals surface area contributed by atoms with Gasteiger partial charge in [0.2, 0.25) is 5.95 Å². The molecule has 1 fully saturated rings. The van der Waals surface area contributed by atoms with Crippen molar-refractivity contribution in [1.29, 1.82) is 0 Å². The molecule has 1 saturated heterocycles. The van der Waals surface area contributed by atoms with E-state index in [0.29, 0.717) is 23.5 Å². The van der Waals surface area contributed by atoms with E-state index in [1.807, 2.05) is 17.0 Å². The lowest BCUT2D eigenvalue weighted by molar-refractivity contribution is -0.653. The Hall–Kier alpha value is -4.07. The zero-order valence-corrected chi connectivity index (χ0v) is 23.1. The van der Waals surface area contributed by atoms with E-state index in [1.165, 1.54) is 22.5 Å². The third kappa shape index (κ3) is 4.09. The normalized spacial score (nSPS) is 16.6. The first-order valence-electron chi connectivity index (χ1n) is 12.6. The third-order valence-electron chi connectivity index (χ3n) is 7.57. The molecule has 6 heterocycles. The van der Waals surface area contributed by atoms with Crippen LogP contribution in [0.1, 0.15) is 26.7 Å². The third-order valence-corrected chi connectivity index (χ3v) is 8.45. The van der Waals surface area contributed by atoms with Crippen LogP contribution in [-0.4, -0.2) is 57.5 Å².